The van der Waals surface area contributed by atoms with Crippen LogP contribution in [0.1, 0.15) is 47.8 Å². The molecule has 5 rings (SSSR count). The molecule has 3 aromatic carbocycles. The summed E-state index contributed by atoms with van der Waals surface area (Å²) in [5, 5.41) is 7.75. The van der Waals surface area contributed by atoms with Gasteiger partial charge >= 0.3 is 6.03 Å². The summed E-state index contributed by atoms with van der Waals surface area (Å²) in [7, 11) is 0. The number of rotatable bonds is 4. The molecule has 0 bridgehead atoms. The van der Waals surface area contributed by atoms with Crippen LogP contribution in [-0.2, 0) is 5.41 Å². The van der Waals surface area contributed by atoms with Gasteiger partial charge in [0.2, 0.25) is 0 Å². The van der Waals surface area contributed by atoms with E-state index in [1.807, 2.05) is 24.3 Å². The van der Waals surface area contributed by atoms with E-state index in [0.717, 1.165) is 40.3 Å². The average molecular weight is 440 g/mol. The minimum absolute atomic E-state index is 0.0543. The number of benzene rings is 3. The fourth-order valence-corrected chi connectivity index (χ4v) is 5.94. The van der Waals surface area contributed by atoms with Crippen molar-refractivity contribution >= 4 is 33.5 Å². The molecule has 1 fully saturated rings. The van der Waals surface area contributed by atoms with Crippen molar-refractivity contribution in [2.45, 2.75) is 46.0 Å². The van der Waals surface area contributed by atoms with Gasteiger partial charge in [-0.15, -0.1) is 0 Å². The summed E-state index contributed by atoms with van der Waals surface area (Å²) in [5.41, 5.74) is 14.8. The van der Waals surface area contributed by atoms with Crippen molar-refractivity contribution in [2.75, 3.05) is 0 Å². The molecule has 1 aliphatic carbocycles. The molecule has 1 saturated carbocycles. The Morgan fingerprint density at radius 2 is 1.73 bits per heavy atom. The third-order valence-corrected chi connectivity index (χ3v) is 7.03. The Morgan fingerprint density at radius 1 is 1.03 bits per heavy atom. The van der Waals surface area contributed by atoms with E-state index in [2.05, 4.69) is 68.6 Å². The van der Waals surface area contributed by atoms with E-state index in [9.17, 15) is 4.79 Å². The standard InChI is InChI=1S/C28H29N3O2/c1-16-11-17(2)25(18(3)12-16)28(4)14-20(15-28)26(30-31-27(29)32)24-13-22-21-8-6-5-7-19(21)9-10-23(22)33-24/h5-13,20H,14-15H2,1-4H3,(H3,29,31,32)/b30-26-. The second-order valence-corrected chi connectivity index (χ2v) is 9.72. The number of fused-ring (bicyclic) bond motifs is 3. The van der Waals surface area contributed by atoms with Gasteiger partial charge in [0.25, 0.3) is 0 Å². The number of urea groups is 1. The number of carbonyl (C=O) groups excluding carboxylic acids is 1. The van der Waals surface area contributed by atoms with Gasteiger partial charge in [-0.05, 0) is 78.6 Å². The lowest BCUT2D eigenvalue weighted by Crippen LogP contribution is -2.44. The molecule has 1 aromatic heterocycles. The topological polar surface area (TPSA) is 80.6 Å². The highest BCUT2D eigenvalue weighted by Crippen LogP contribution is 2.51. The third kappa shape index (κ3) is 3.67. The molecule has 5 nitrogen and oxygen atoms in total. The molecule has 1 aliphatic rings. The number of nitrogens with two attached hydrogens (primary N) is 1. The highest BCUT2D eigenvalue weighted by atomic mass is 16.3. The largest absolute Gasteiger partial charge is 0.455 e. The van der Waals surface area contributed by atoms with Crippen LogP contribution in [0, 0.1) is 26.7 Å². The van der Waals surface area contributed by atoms with E-state index in [1.165, 1.54) is 22.3 Å². The molecule has 168 valence electrons. The van der Waals surface area contributed by atoms with Crippen molar-refractivity contribution in [1.82, 2.24) is 5.43 Å². The number of aryl methyl sites for hydroxylation is 3. The Kier molecular flexibility index (Phi) is 5.00. The van der Waals surface area contributed by atoms with Gasteiger partial charge in [-0.2, -0.15) is 5.10 Å². The summed E-state index contributed by atoms with van der Waals surface area (Å²) >= 11 is 0. The molecule has 0 spiro atoms. The van der Waals surface area contributed by atoms with Crippen molar-refractivity contribution in [3.05, 3.63) is 82.6 Å². The number of carbonyl (C=O) groups is 1. The highest BCUT2D eigenvalue weighted by molar-refractivity contribution is 6.10. The first kappa shape index (κ1) is 21.3. The van der Waals surface area contributed by atoms with Gasteiger partial charge in [-0.3, -0.25) is 0 Å². The maximum Gasteiger partial charge on any atom is 0.332 e. The lowest BCUT2D eigenvalue weighted by Gasteiger charge is -2.47. The lowest BCUT2D eigenvalue weighted by molar-refractivity contribution is 0.214. The molecule has 0 radical (unpaired) electrons. The number of hydrazone groups is 1. The molecular weight excluding hydrogens is 410 g/mol. The molecule has 3 N–H and O–H groups in total. The average Bonchev–Trinajstić information content (AvgIpc) is 3.16. The highest BCUT2D eigenvalue weighted by Gasteiger charge is 2.46. The van der Waals surface area contributed by atoms with Crippen LogP contribution in [0.15, 0.2) is 64.1 Å². The first-order chi connectivity index (χ1) is 15.7. The van der Waals surface area contributed by atoms with E-state index in [0.29, 0.717) is 5.76 Å². The minimum atomic E-state index is -0.679. The Balaban J connectivity index is 1.52. The SMILES string of the molecule is Cc1cc(C)c(C2(C)CC(/C(=N/NC(N)=O)c3cc4c(ccc5ccccc54)o3)C2)c(C)c1. The number of nitrogens with zero attached hydrogens (tertiary/aromatic N) is 1. The second-order valence-electron chi connectivity index (χ2n) is 9.72. The van der Waals surface area contributed by atoms with E-state index >= 15 is 0 Å². The molecule has 0 unspecified atom stereocenters. The number of amides is 2. The first-order valence-electron chi connectivity index (χ1n) is 11.4. The van der Waals surface area contributed by atoms with Gasteiger partial charge in [0.15, 0.2) is 5.76 Å². The van der Waals surface area contributed by atoms with Gasteiger partial charge in [0.05, 0.1) is 0 Å². The molecule has 33 heavy (non-hydrogen) atoms. The normalized spacial score (nSPS) is 20.7. The maximum absolute atomic E-state index is 11.5. The summed E-state index contributed by atoms with van der Waals surface area (Å²) in [6.07, 6.45) is 1.85. The summed E-state index contributed by atoms with van der Waals surface area (Å²) in [5.74, 6) is 0.841. The fourth-order valence-electron chi connectivity index (χ4n) is 5.94. The van der Waals surface area contributed by atoms with Crippen molar-refractivity contribution in [3.63, 3.8) is 0 Å². The van der Waals surface area contributed by atoms with Crippen molar-refractivity contribution in [3.8, 4) is 0 Å². The zero-order valence-corrected chi connectivity index (χ0v) is 19.5. The summed E-state index contributed by atoms with van der Waals surface area (Å²) < 4.78 is 6.24. The molecule has 0 saturated heterocycles. The fraction of sp³-hybridized carbons (Fsp3) is 0.286. The van der Waals surface area contributed by atoms with E-state index in [4.69, 9.17) is 10.2 Å². The van der Waals surface area contributed by atoms with Crippen LogP contribution in [0.2, 0.25) is 0 Å². The molecule has 0 atom stereocenters. The van der Waals surface area contributed by atoms with E-state index in [1.54, 1.807) is 0 Å². The first-order valence-corrected chi connectivity index (χ1v) is 11.4. The second kappa shape index (κ2) is 7.77. The van der Waals surface area contributed by atoms with Crippen LogP contribution < -0.4 is 11.2 Å². The zero-order chi connectivity index (χ0) is 23.3. The number of hydrogen-bond acceptors (Lipinski definition) is 3. The van der Waals surface area contributed by atoms with Crippen molar-refractivity contribution in [1.29, 1.82) is 0 Å². The van der Waals surface area contributed by atoms with Gasteiger partial charge in [-0.1, -0.05) is 55.0 Å². The van der Waals surface area contributed by atoms with Gasteiger partial charge in [0, 0.05) is 11.3 Å². The van der Waals surface area contributed by atoms with E-state index in [-0.39, 0.29) is 11.3 Å². The van der Waals surface area contributed by atoms with Gasteiger partial charge < -0.3 is 10.2 Å². The van der Waals surface area contributed by atoms with E-state index < -0.39 is 6.03 Å². The number of furan rings is 1. The summed E-state index contributed by atoms with van der Waals surface area (Å²) in [6.45, 7) is 8.85. The van der Waals surface area contributed by atoms with Crippen LogP contribution >= 0.6 is 0 Å². The number of hydrogen-bond donors (Lipinski definition) is 2. The Morgan fingerprint density at radius 3 is 2.42 bits per heavy atom. The third-order valence-electron chi connectivity index (χ3n) is 7.03. The van der Waals surface area contributed by atoms with Crippen molar-refractivity contribution in [2.24, 2.45) is 16.8 Å². The van der Waals surface area contributed by atoms with Crippen LogP contribution in [-0.4, -0.2) is 11.7 Å². The Labute approximate surface area is 193 Å². The molecule has 4 aromatic rings. The minimum Gasteiger partial charge on any atom is -0.455 e. The summed E-state index contributed by atoms with van der Waals surface area (Å²) in [6, 6.07) is 18.2. The quantitative estimate of drug-likeness (QED) is 0.291. The van der Waals surface area contributed by atoms with Crippen LogP contribution in [0.25, 0.3) is 21.7 Å². The Bertz CT molecular complexity index is 1400. The number of primary amides is 1. The maximum atomic E-state index is 11.5. The van der Waals surface area contributed by atoms with Crippen LogP contribution in [0.3, 0.4) is 0 Å². The molecule has 5 heteroatoms. The van der Waals surface area contributed by atoms with Gasteiger partial charge in [0.1, 0.15) is 11.3 Å². The van der Waals surface area contributed by atoms with Gasteiger partial charge in [-0.25, -0.2) is 10.2 Å². The summed E-state index contributed by atoms with van der Waals surface area (Å²) in [4.78, 5) is 11.5. The molecule has 2 amide bonds. The molecular formula is C28H29N3O2. The van der Waals surface area contributed by atoms with Crippen molar-refractivity contribution < 1.29 is 9.21 Å². The number of nitrogens with one attached hydrogen (secondary N) is 1. The molecule has 1 heterocycles. The Hall–Kier alpha value is -3.60. The predicted molar refractivity (Wildman–Crippen MR) is 134 cm³/mol. The van der Waals surface area contributed by atoms with Crippen LogP contribution in [0.4, 0.5) is 4.79 Å². The zero-order valence-electron chi connectivity index (χ0n) is 19.5. The molecule has 0 aliphatic heterocycles. The smallest absolute Gasteiger partial charge is 0.332 e. The monoisotopic (exact) mass is 439 g/mol. The van der Waals surface area contributed by atoms with Crippen LogP contribution in [0.5, 0.6) is 0 Å². The predicted octanol–water partition coefficient (Wildman–Crippen LogP) is 6.25. The lowest BCUT2D eigenvalue weighted by atomic mass is 9.57.